The maximum atomic E-state index is 13.4. The molecule has 152 valence electrons. The number of ether oxygens (including phenoxy) is 2. The van der Waals surface area contributed by atoms with Gasteiger partial charge in [0.2, 0.25) is 12.7 Å². The van der Waals surface area contributed by atoms with Crippen LogP contribution in [0.15, 0.2) is 53.1 Å². The van der Waals surface area contributed by atoms with Crippen molar-refractivity contribution in [3.63, 3.8) is 0 Å². The van der Waals surface area contributed by atoms with Crippen LogP contribution >= 0.6 is 11.3 Å². The number of aromatic nitrogens is 1. The standard InChI is InChI=1S/C23H20N2O4S/c1-14-5-6-15(2)22-21(14)24-23(30-22)25(12-17-4-3-9-27-17)20(26)11-16-7-8-18-19(10-16)29-13-28-18/h3-10H,11-13H2,1-2H3. The van der Waals surface area contributed by atoms with Gasteiger partial charge in [0, 0.05) is 0 Å². The summed E-state index contributed by atoms with van der Waals surface area (Å²) < 4.78 is 17.4. The molecule has 0 atom stereocenters. The molecular weight excluding hydrogens is 400 g/mol. The van der Waals surface area contributed by atoms with E-state index >= 15 is 0 Å². The summed E-state index contributed by atoms with van der Waals surface area (Å²) in [6, 6.07) is 13.4. The van der Waals surface area contributed by atoms with Crippen molar-refractivity contribution in [2.45, 2.75) is 26.8 Å². The Balaban J connectivity index is 1.49. The highest BCUT2D eigenvalue weighted by Crippen LogP contribution is 2.35. The van der Waals surface area contributed by atoms with E-state index in [-0.39, 0.29) is 19.1 Å². The Labute approximate surface area is 177 Å². The van der Waals surface area contributed by atoms with Crippen LogP contribution < -0.4 is 14.4 Å². The van der Waals surface area contributed by atoms with Crippen molar-refractivity contribution in [2.24, 2.45) is 0 Å². The van der Waals surface area contributed by atoms with Gasteiger partial charge in [-0.2, -0.15) is 0 Å². The third-order valence-electron chi connectivity index (χ3n) is 5.15. The van der Waals surface area contributed by atoms with Crippen LogP contribution in [0.5, 0.6) is 11.5 Å². The Hall–Kier alpha value is -3.32. The van der Waals surface area contributed by atoms with E-state index in [2.05, 4.69) is 19.1 Å². The second-order valence-corrected chi connectivity index (χ2v) is 8.27. The van der Waals surface area contributed by atoms with Gasteiger partial charge in [-0.15, -0.1) is 0 Å². The number of aryl methyl sites for hydroxylation is 2. The third kappa shape index (κ3) is 3.41. The Kier molecular flexibility index (Phi) is 4.67. The highest BCUT2D eigenvalue weighted by molar-refractivity contribution is 7.22. The Morgan fingerprint density at radius 2 is 1.93 bits per heavy atom. The van der Waals surface area contributed by atoms with E-state index in [1.165, 1.54) is 11.3 Å². The minimum absolute atomic E-state index is 0.0559. The van der Waals surface area contributed by atoms with E-state index in [0.717, 1.165) is 26.9 Å². The first-order valence-corrected chi connectivity index (χ1v) is 10.5. The number of thiazole rings is 1. The van der Waals surface area contributed by atoms with Crippen molar-refractivity contribution >= 4 is 32.6 Å². The molecule has 0 fully saturated rings. The number of hydrogen-bond donors (Lipinski definition) is 0. The monoisotopic (exact) mass is 420 g/mol. The number of furan rings is 1. The Bertz CT molecular complexity index is 1190. The predicted molar refractivity (Wildman–Crippen MR) is 115 cm³/mol. The van der Waals surface area contributed by atoms with Gasteiger partial charge in [0.25, 0.3) is 0 Å². The second-order valence-electron chi connectivity index (χ2n) is 7.30. The van der Waals surface area contributed by atoms with E-state index in [1.54, 1.807) is 11.2 Å². The van der Waals surface area contributed by atoms with E-state index < -0.39 is 0 Å². The molecular formula is C23H20N2O4S. The second kappa shape index (κ2) is 7.50. The number of nitrogens with zero attached hydrogens (tertiary/aromatic N) is 2. The van der Waals surface area contributed by atoms with Crippen molar-refractivity contribution in [3.05, 3.63) is 71.2 Å². The normalized spacial score (nSPS) is 12.5. The number of anilines is 1. The van der Waals surface area contributed by atoms with Crippen LogP contribution in [0.2, 0.25) is 0 Å². The lowest BCUT2D eigenvalue weighted by molar-refractivity contribution is -0.118. The molecule has 0 bridgehead atoms. The van der Waals surface area contributed by atoms with Crippen molar-refractivity contribution in [1.29, 1.82) is 0 Å². The SMILES string of the molecule is Cc1ccc(C)c2sc(N(Cc3ccco3)C(=O)Cc3ccc4c(c3)OCO4)nc12. The first-order chi connectivity index (χ1) is 14.6. The summed E-state index contributed by atoms with van der Waals surface area (Å²) in [5.74, 6) is 2.03. The molecule has 2 aromatic heterocycles. The lowest BCUT2D eigenvalue weighted by Crippen LogP contribution is -2.31. The molecule has 6 nitrogen and oxygen atoms in total. The molecule has 5 rings (SSSR count). The number of benzene rings is 2. The van der Waals surface area contributed by atoms with Crippen LogP contribution in [0.25, 0.3) is 10.2 Å². The van der Waals surface area contributed by atoms with Crippen molar-refractivity contribution in [3.8, 4) is 11.5 Å². The van der Waals surface area contributed by atoms with Gasteiger partial charge in [0.1, 0.15) is 5.76 Å². The summed E-state index contributed by atoms with van der Waals surface area (Å²) in [6.45, 7) is 4.64. The lowest BCUT2D eigenvalue weighted by atomic mass is 10.1. The van der Waals surface area contributed by atoms with Crippen LogP contribution in [0, 0.1) is 13.8 Å². The fourth-order valence-electron chi connectivity index (χ4n) is 3.51. The van der Waals surface area contributed by atoms with Gasteiger partial charge in [-0.25, -0.2) is 4.98 Å². The van der Waals surface area contributed by atoms with Crippen LogP contribution in [-0.2, 0) is 17.8 Å². The van der Waals surface area contributed by atoms with Gasteiger partial charge in [0.15, 0.2) is 16.6 Å². The number of fused-ring (bicyclic) bond motifs is 2. The minimum atomic E-state index is -0.0559. The molecule has 0 radical (unpaired) electrons. The quantitative estimate of drug-likeness (QED) is 0.454. The molecule has 1 aliphatic heterocycles. The van der Waals surface area contributed by atoms with E-state index in [9.17, 15) is 4.79 Å². The summed E-state index contributed by atoms with van der Waals surface area (Å²) in [5.41, 5.74) is 4.05. The molecule has 0 unspecified atom stereocenters. The van der Waals surface area contributed by atoms with Gasteiger partial charge in [0.05, 0.1) is 29.4 Å². The largest absolute Gasteiger partial charge is 0.467 e. The van der Waals surface area contributed by atoms with E-state index in [0.29, 0.717) is 28.9 Å². The van der Waals surface area contributed by atoms with Crippen molar-refractivity contribution < 1.29 is 18.7 Å². The first-order valence-electron chi connectivity index (χ1n) is 9.66. The van der Waals surface area contributed by atoms with Gasteiger partial charge in [-0.1, -0.05) is 29.5 Å². The molecule has 0 saturated carbocycles. The van der Waals surface area contributed by atoms with Crippen molar-refractivity contribution in [1.82, 2.24) is 4.98 Å². The number of carbonyl (C=O) groups excluding carboxylic acids is 1. The third-order valence-corrected chi connectivity index (χ3v) is 6.36. The number of hydrogen-bond acceptors (Lipinski definition) is 6. The fraction of sp³-hybridized carbons (Fsp3) is 0.217. The molecule has 2 aromatic carbocycles. The fourth-order valence-corrected chi connectivity index (χ4v) is 4.63. The molecule has 0 saturated heterocycles. The van der Waals surface area contributed by atoms with Crippen molar-refractivity contribution in [2.75, 3.05) is 11.7 Å². The molecule has 3 heterocycles. The summed E-state index contributed by atoms with van der Waals surface area (Å²) >= 11 is 1.53. The Morgan fingerprint density at radius 1 is 1.10 bits per heavy atom. The molecule has 0 spiro atoms. The smallest absolute Gasteiger partial charge is 0.233 e. The van der Waals surface area contributed by atoms with Gasteiger partial charge in [-0.05, 0) is 54.8 Å². The maximum Gasteiger partial charge on any atom is 0.233 e. The summed E-state index contributed by atoms with van der Waals surface area (Å²) in [6.07, 6.45) is 1.84. The lowest BCUT2D eigenvalue weighted by Gasteiger charge is -2.19. The van der Waals surface area contributed by atoms with Crippen LogP contribution in [0.3, 0.4) is 0 Å². The number of rotatable bonds is 5. The first kappa shape index (κ1) is 18.7. The van der Waals surface area contributed by atoms with Crippen LogP contribution in [0.4, 0.5) is 5.13 Å². The maximum absolute atomic E-state index is 13.4. The summed E-state index contributed by atoms with van der Waals surface area (Å²) in [5, 5.41) is 0.671. The highest BCUT2D eigenvalue weighted by Gasteiger charge is 2.23. The molecule has 0 N–H and O–H groups in total. The highest BCUT2D eigenvalue weighted by atomic mass is 32.1. The summed E-state index contributed by atoms with van der Waals surface area (Å²) in [7, 11) is 0. The number of carbonyl (C=O) groups is 1. The van der Waals surface area contributed by atoms with E-state index in [1.807, 2.05) is 37.3 Å². The Morgan fingerprint density at radius 3 is 2.73 bits per heavy atom. The number of amides is 1. The van der Waals surface area contributed by atoms with Gasteiger partial charge >= 0.3 is 0 Å². The zero-order valence-corrected chi connectivity index (χ0v) is 17.5. The van der Waals surface area contributed by atoms with Gasteiger partial charge < -0.3 is 13.9 Å². The topological polar surface area (TPSA) is 64.8 Å². The van der Waals surface area contributed by atoms with Crippen LogP contribution in [0.1, 0.15) is 22.5 Å². The molecule has 1 amide bonds. The molecule has 30 heavy (non-hydrogen) atoms. The van der Waals surface area contributed by atoms with E-state index in [4.69, 9.17) is 18.9 Å². The minimum Gasteiger partial charge on any atom is -0.467 e. The molecule has 7 heteroatoms. The molecule has 0 aliphatic carbocycles. The zero-order chi connectivity index (χ0) is 20.7. The zero-order valence-electron chi connectivity index (χ0n) is 16.7. The average Bonchev–Trinajstić information content (AvgIpc) is 3.49. The predicted octanol–water partition coefficient (Wildman–Crippen LogP) is 5.01. The molecule has 4 aromatic rings. The van der Waals surface area contributed by atoms with Crippen LogP contribution in [-0.4, -0.2) is 17.7 Å². The summed E-state index contributed by atoms with van der Waals surface area (Å²) in [4.78, 5) is 19.9. The van der Waals surface area contributed by atoms with Gasteiger partial charge in [-0.3, -0.25) is 9.69 Å². The average molecular weight is 420 g/mol. The molecule has 1 aliphatic rings.